The molecule has 0 atom stereocenters. The molecule has 1 aliphatic heterocycles. The molecule has 4 N–H and O–H groups in total. The predicted octanol–water partition coefficient (Wildman–Crippen LogP) is 2.74. The van der Waals surface area contributed by atoms with Crippen LogP contribution in [-0.4, -0.2) is 39.6 Å². The molecule has 3 rings (SSSR count). The topological polar surface area (TPSA) is 107 Å². The molecule has 160 valence electrons. The summed E-state index contributed by atoms with van der Waals surface area (Å²) < 4.78 is 53.9. The van der Waals surface area contributed by atoms with Crippen LogP contribution in [0.5, 0.6) is 0 Å². The number of primary amides is 1. The molecule has 30 heavy (non-hydrogen) atoms. The lowest BCUT2D eigenvalue weighted by Crippen LogP contribution is -2.38. The maximum atomic E-state index is 14.0. The summed E-state index contributed by atoms with van der Waals surface area (Å²) in [4.78, 5) is 25.3. The molecule has 2 aromatic rings. The van der Waals surface area contributed by atoms with Gasteiger partial charge >= 0.3 is 6.18 Å². The Morgan fingerprint density at radius 3 is 2.37 bits per heavy atom. The number of halogens is 4. The summed E-state index contributed by atoms with van der Waals surface area (Å²) in [6.07, 6.45) is -2.69. The summed E-state index contributed by atoms with van der Waals surface area (Å²) in [7, 11) is 0. The number of nitrogen functional groups attached to an aromatic ring is 1. The molecule has 7 nitrogen and oxygen atoms in total. The van der Waals surface area contributed by atoms with Crippen LogP contribution in [0.4, 0.5) is 23.4 Å². The van der Waals surface area contributed by atoms with Crippen molar-refractivity contribution in [2.75, 3.05) is 18.8 Å². The van der Waals surface area contributed by atoms with Gasteiger partial charge in [-0.3, -0.25) is 9.59 Å². The first-order valence-electron chi connectivity index (χ1n) is 9.00. The van der Waals surface area contributed by atoms with Crippen LogP contribution in [0.3, 0.4) is 0 Å². The third-order valence-electron chi connectivity index (χ3n) is 5.04. The van der Waals surface area contributed by atoms with E-state index in [1.54, 1.807) is 4.90 Å². The van der Waals surface area contributed by atoms with Crippen molar-refractivity contribution in [1.82, 2.24) is 14.7 Å². The van der Waals surface area contributed by atoms with Crippen LogP contribution in [-0.2, 0) is 11.0 Å². The van der Waals surface area contributed by atoms with E-state index < -0.39 is 23.5 Å². The third-order valence-corrected chi connectivity index (χ3v) is 5.04. The average molecular weight is 425 g/mol. The SMILES string of the molecule is C=CC(=O)N1CCC(n2nc(-c3ccc(C(F)(F)F)c(F)c3)c(C(N)=O)c2N)CC1. The first-order chi connectivity index (χ1) is 14.0. The molecule has 0 saturated carbocycles. The third kappa shape index (κ3) is 3.87. The number of anilines is 1. The average Bonchev–Trinajstić information content (AvgIpc) is 3.03. The van der Waals surface area contributed by atoms with E-state index in [1.165, 1.54) is 10.8 Å². The fraction of sp³-hybridized carbons (Fsp3) is 0.316. The van der Waals surface area contributed by atoms with Gasteiger partial charge in [-0.15, -0.1) is 0 Å². The van der Waals surface area contributed by atoms with Crippen molar-refractivity contribution in [3.8, 4) is 11.3 Å². The second-order valence-electron chi connectivity index (χ2n) is 6.87. The Morgan fingerprint density at radius 1 is 1.23 bits per heavy atom. The monoisotopic (exact) mass is 425 g/mol. The van der Waals surface area contributed by atoms with E-state index in [2.05, 4.69) is 11.7 Å². The predicted molar refractivity (Wildman–Crippen MR) is 101 cm³/mol. The molecule has 2 heterocycles. The van der Waals surface area contributed by atoms with Crippen molar-refractivity contribution in [1.29, 1.82) is 0 Å². The second-order valence-corrected chi connectivity index (χ2v) is 6.87. The summed E-state index contributed by atoms with van der Waals surface area (Å²) in [5, 5.41) is 4.27. The van der Waals surface area contributed by atoms with Gasteiger partial charge in [0, 0.05) is 18.7 Å². The number of likely N-dealkylation sites (tertiary alicyclic amines) is 1. The van der Waals surface area contributed by atoms with Crippen LogP contribution in [0, 0.1) is 5.82 Å². The zero-order valence-corrected chi connectivity index (χ0v) is 15.7. The number of carbonyl (C=O) groups excluding carboxylic acids is 2. The number of nitrogens with zero attached hydrogens (tertiary/aromatic N) is 3. The van der Waals surface area contributed by atoms with E-state index in [0.29, 0.717) is 38.1 Å². The zero-order valence-electron chi connectivity index (χ0n) is 15.7. The Balaban J connectivity index is 1.98. The summed E-state index contributed by atoms with van der Waals surface area (Å²) in [6.45, 7) is 4.26. The van der Waals surface area contributed by atoms with Gasteiger partial charge in [0.1, 0.15) is 22.9 Å². The minimum Gasteiger partial charge on any atom is -0.383 e. The molecule has 2 amide bonds. The number of alkyl halides is 3. The highest BCUT2D eigenvalue weighted by molar-refractivity contribution is 6.03. The number of piperidine rings is 1. The lowest BCUT2D eigenvalue weighted by Gasteiger charge is -2.31. The van der Waals surface area contributed by atoms with Gasteiger partial charge in [-0.05, 0) is 31.1 Å². The van der Waals surface area contributed by atoms with Gasteiger partial charge < -0.3 is 16.4 Å². The van der Waals surface area contributed by atoms with E-state index in [1.807, 2.05) is 0 Å². The van der Waals surface area contributed by atoms with E-state index in [4.69, 9.17) is 11.5 Å². The molecular formula is C19H19F4N5O2. The molecule has 1 fully saturated rings. The Labute approximate surface area is 168 Å². The molecule has 1 aromatic heterocycles. The van der Waals surface area contributed by atoms with Crippen molar-refractivity contribution in [3.63, 3.8) is 0 Å². The van der Waals surface area contributed by atoms with Crippen LogP contribution < -0.4 is 11.5 Å². The molecule has 0 unspecified atom stereocenters. The minimum atomic E-state index is -4.86. The molecule has 0 bridgehead atoms. The minimum absolute atomic E-state index is 0.0565. The van der Waals surface area contributed by atoms with Crippen molar-refractivity contribution in [2.45, 2.75) is 25.1 Å². The Hall–Kier alpha value is -3.37. The van der Waals surface area contributed by atoms with Gasteiger partial charge in [-0.1, -0.05) is 12.6 Å². The summed E-state index contributed by atoms with van der Waals surface area (Å²) in [6, 6.07) is 1.96. The standard InChI is InChI=1S/C19H19F4N5O2/c1-2-14(29)27-7-5-11(6-8-27)28-17(24)15(18(25)30)16(26-28)10-3-4-12(13(20)9-10)19(21,22)23/h2-4,9,11H,1,5-8,24H2,(H2,25,30). The Kier molecular flexibility index (Phi) is 5.55. The zero-order chi connectivity index (χ0) is 22.2. The smallest absolute Gasteiger partial charge is 0.383 e. The van der Waals surface area contributed by atoms with Gasteiger partial charge in [0.05, 0.1) is 11.6 Å². The van der Waals surface area contributed by atoms with Crippen LogP contribution in [0.2, 0.25) is 0 Å². The Morgan fingerprint density at radius 2 is 1.87 bits per heavy atom. The largest absolute Gasteiger partial charge is 0.419 e. The van der Waals surface area contributed by atoms with E-state index in [0.717, 1.165) is 6.07 Å². The normalized spacial score (nSPS) is 15.3. The van der Waals surface area contributed by atoms with Gasteiger partial charge in [-0.2, -0.15) is 18.3 Å². The van der Waals surface area contributed by atoms with Crippen molar-refractivity contribution >= 4 is 17.6 Å². The van der Waals surface area contributed by atoms with E-state index in [9.17, 15) is 27.2 Å². The van der Waals surface area contributed by atoms with Gasteiger partial charge in [-0.25, -0.2) is 9.07 Å². The first kappa shape index (κ1) is 21.3. The molecule has 0 spiro atoms. The quantitative estimate of drug-likeness (QED) is 0.580. The van der Waals surface area contributed by atoms with Crippen LogP contribution in [0.15, 0.2) is 30.9 Å². The van der Waals surface area contributed by atoms with Crippen LogP contribution in [0.25, 0.3) is 11.3 Å². The van der Waals surface area contributed by atoms with Gasteiger partial charge in [0.2, 0.25) is 5.91 Å². The highest BCUT2D eigenvalue weighted by Gasteiger charge is 2.35. The van der Waals surface area contributed by atoms with Gasteiger partial charge in [0.25, 0.3) is 5.91 Å². The highest BCUT2D eigenvalue weighted by Crippen LogP contribution is 2.36. The molecule has 1 aromatic carbocycles. The van der Waals surface area contributed by atoms with E-state index >= 15 is 0 Å². The number of nitrogens with two attached hydrogens (primary N) is 2. The lowest BCUT2D eigenvalue weighted by molar-refractivity contribution is -0.140. The number of hydrogen-bond donors (Lipinski definition) is 2. The maximum Gasteiger partial charge on any atom is 0.419 e. The molecule has 0 aliphatic carbocycles. The van der Waals surface area contributed by atoms with Crippen molar-refractivity contribution in [3.05, 3.63) is 47.8 Å². The Bertz CT molecular complexity index is 1010. The summed E-state index contributed by atoms with van der Waals surface area (Å²) >= 11 is 0. The maximum absolute atomic E-state index is 14.0. The number of rotatable bonds is 4. The number of aromatic nitrogens is 2. The highest BCUT2D eigenvalue weighted by atomic mass is 19.4. The molecule has 1 saturated heterocycles. The summed E-state index contributed by atoms with van der Waals surface area (Å²) in [5.74, 6) is -2.71. The van der Waals surface area contributed by atoms with Gasteiger partial charge in [0.15, 0.2) is 0 Å². The number of carbonyl (C=O) groups is 2. The second kappa shape index (κ2) is 7.81. The van der Waals surface area contributed by atoms with E-state index in [-0.39, 0.29) is 34.6 Å². The van der Waals surface area contributed by atoms with Crippen molar-refractivity contribution < 1.29 is 27.2 Å². The first-order valence-corrected chi connectivity index (χ1v) is 9.00. The number of hydrogen-bond acceptors (Lipinski definition) is 4. The fourth-order valence-corrected chi connectivity index (χ4v) is 3.52. The van der Waals surface area contributed by atoms with Crippen molar-refractivity contribution in [2.24, 2.45) is 5.73 Å². The molecule has 1 aliphatic rings. The molecule has 11 heteroatoms. The lowest BCUT2D eigenvalue weighted by atomic mass is 10.0. The number of benzene rings is 1. The van der Waals surface area contributed by atoms with Crippen LogP contribution >= 0.6 is 0 Å². The molecule has 0 radical (unpaired) electrons. The summed E-state index contributed by atoms with van der Waals surface area (Å²) in [5.41, 5.74) is 9.68. The molecular weight excluding hydrogens is 406 g/mol. The fourth-order valence-electron chi connectivity index (χ4n) is 3.52. The number of amides is 2. The van der Waals surface area contributed by atoms with Crippen LogP contribution in [0.1, 0.15) is 34.8 Å².